The molecule has 0 aromatic rings. The van der Waals surface area contributed by atoms with E-state index in [2.05, 4.69) is 11.8 Å². The first-order valence-electron chi connectivity index (χ1n) is 6.00. The summed E-state index contributed by atoms with van der Waals surface area (Å²) in [5, 5.41) is 19.4. The molecule has 90 valence electrons. The Hall–Kier alpha value is -0.120. The normalized spacial score (nSPS) is 34.4. The fourth-order valence-electron chi connectivity index (χ4n) is 2.22. The van der Waals surface area contributed by atoms with Crippen molar-refractivity contribution in [1.29, 1.82) is 0 Å². The molecule has 0 spiro atoms. The lowest BCUT2D eigenvalue weighted by Gasteiger charge is -2.39. The predicted octanol–water partition coefficient (Wildman–Crippen LogP) is 1.24. The number of aliphatic hydroxyl groups is 2. The Morgan fingerprint density at radius 3 is 2.40 bits per heavy atom. The van der Waals surface area contributed by atoms with Crippen LogP contribution in [0.5, 0.6) is 0 Å². The molecule has 2 N–H and O–H groups in total. The highest BCUT2D eigenvalue weighted by Crippen LogP contribution is 2.32. The van der Waals surface area contributed by atoms with Crippen LogP contribution in [0, 0.1) is 5.92 Å². The van der Waals surface area contributed by atoms with E-state index in [1.807, 2.05) is 14.0 Å². The zero-order valence-corrected chi connectivity index (χ0v) is 10.2. The molecule has 0 saturated heterocycles. The molecule has 1 fully saturated rings. The van der Waals surface area contributed by atoms with Crippen molar-refractivity contribution < 1.29 is 10.2 Å². The molecule has 0 aromatic heterocycles. The van der Waals surface area contributed by atoms with E-state index in [0.717, 1.165) is 31.6 Å². The van der Waals surface area contributed by atoms with E-state index in [9.17, 15) is 5.11 Å². The molecule has 1 rings (SSSR count). The van der Waals surface area contributed by atoms with Crippen LogP contribution in [0.3, 0.4) is 0 Å². The minimum atomic E-state index is -0.523. The maximum Gasteiger partial charge on any atom is 0.0774 e. The van der Waals surface area contributed by atoms with Crippen molar-refractivity contribution in [1.82, 2.24) is 4.90 Å². The number of hydrogen-bond acceptors (Lipinski definition) is 3. The Labute approximate surface area is 93.1 Å². The van der Waals surface area contributed by atoms with Gasteiger partial charge in [0.2, 0.25) is 0 Å². The van der Waals surface area contributed by atoms with Crippen LogP contribution in [-0.4, -0.2) is 47.0 Å². The van der Waals surface area contributed by atoms with E-state index in [-0.39, 0.29) is 12.6 Å². The molecule has 1 aliphatic rings. The minimum absolute atomic E-state index is 0.133. The third kappa shape index (κ3) is 3.74. The molecule has 1 saturated carbocycles. The second kappa shape index (κ2) is 5.28. The summed E-state index contributed by atoms with van der Waals surface area (Å²) in [4.78, 5) is 2.05. The fourth-order valence-corrected chi connectivity index (χ4v) is 2.22. The van der Waals surface area contributed by atoms with Gasteiger partial charge in [-0.15, -0.1) is 0 Å². The lowest BCUT2D eigenvalue weighted by Crippen LogP contribution is -2.47. The number of likely N-dealkylation sites (N-methyl/N-ethyl adjacent to an activating group) is 1. The molecule has 0 amide bonds. The van der Waals surface area contributed by atoms with Gasteiger partial charge in [-0.1, -0.05) is 6.92 Å². The summed E-state index contributed by atoms with van der Waals surface area (Å²) in [6, 6.07) is 0.133. The van der Waals surface area contributed by atoms with Crippen LogP contribution in [0.2, 0.25) is 0 Å². The van der Waals surface area contributed by atoms with Crippen LogP contribution < -0.4 is 0 Å². The summed E-state index contributed by atoms with van der Waals surface area (Å²) in [5.41, 5.74) is -0.523. The molecule has 0 aromatic carbocycles. The second-order valence-corrected chi connectivity index (χ2v) is 5.35. The van der Waals surface area contributed by atoms with Gasteiger partial charge < -0.3 is 10.2 Å². The van der Waals surface area contributed by atoms with Crippen molar-refractivity contribution >= 4 is 0 Å². The topological polar surface area (TPSA) is 43.7 Å². The van der Waals surface area contributed by atoms with Crippen LogP contribution in [0.15, 0.2) is 0 Å². The van der Waals surface area contributed by atoms with E-state index in [0.29, 0.717) is 6.54 Å². The first-order chi connectivity index (χ1) is 6.97. The molecular weight excluding hydrogens is 190 g/mol. The smallest absolute Gasteiger partial charge is 0.0774 e. The molecule has 1 unspecified atom stereocenters. The molecule has 1 aliphatic carbocycles. The van der Waals surface area contributed by atoms with E-state index < -0.39 is 5.60 Å². The molecular formula is C12H25NO2. The summed E-state index contributed by atoms with van der Waals surface area (Å²) in [6.45, 7) is 5.07. The Morgan fingerprint density at radius 2 is 1.93 bits per heavy atom. The predicted molar refractivity (Wildman–Crippen MR) is 61.8 cm³/mol. The van der Waals surface area contributed by atoms with Gasteiger partial charge in [-0.2, -0.15) is 0 Å². The average Bonchev–Trinajstić information content (AvgIpc) is 2.21. The van der Waals surface area contributed by atoms with Crippen molar-refractivity contribution in [2.45, 2.75) is 51.2 Å². The highest BCUT2D eigenvalue weighted by Gasteiger charge is 2.33. The van der Waals surface area contributed by atoms with Gasteiger partial charge in [-0.25, -0.2) is 0 Å². The average molecular weight is 215 g/mol. The third-order valence-electron chi connectivity index (χ3n) is 3.77. The van der Waals surface area contributed by atoms with E-state index in [1.54, 1.807) is 0 Å². The maximum absolute atomic E-state index is 10.4. The lowest BCUT2D eigenvalue weighted by atomic mass is 9.79. The van der Waals surface area contributed by atoms with Gasteiger partial charge in [0.05, 0.1) is 12.2 Å². The highest BCUT2D eigenvalue weighted by atomic mass is 16.3. The van der Waals surface area contributed by atoms with Crippen molar-refractivity contribution in [3.63, 3.8) is 0 Å². The van der Waals surface area contributed by atoms with Gasteiger partial charge in [0.1, 0.15) is 0 Å². The quantitative estimate of drug-likeness (QED) is 0.741. The zero-order valence-electron chi connectivity index (χ0n) is 10.2. The Bertz CT molecular complexity index is 188. The van der Waals surface area contributed by atoms with Crippen molar-refractivity contribution in [2.75, 3.05) is 20.2 Å². The summed E-state index contributed by atoms with van der Waals surface area (Å²) in [5.74, 6) is 0.755. The monoisotopic (exact) mass is 215 g/mol. The molecule has 3 heteroatoms. The van der Waals surface area contributed by atoms with Crippen LogP contribution >= 0.6 is 0 Å². The number of aliphatic hydroxyl groups excluding tert-OH is 1. The van der Waals surface area contributed by atoms with Crippen molar-refractivity contribution in [3.8, 4) is 0 Å². The minimum Gasteiger partial charge on any atom is -0.395 e. The van der Waals surface area contributed by atoms with Gasteiger partial charge in [-0.05, 0) is 45.6 Å². The lowest BCUT2D eigenvalue weighted by molar-refractivity contribution is -0.0402. The number of rotatable bonds is 4. The fraction of sp³-hybridized carbons (Fsp3) is 1.00. The van der Waals surface area contributed by atoms with E-state index in [1.165, 1.54) is 0 Å². The van der Waals surface area contributed by atoms with Crippen LogP contribution in [-0.2, 0) is 0 Å². The highest BCUT2D eigenvalue weighted by molar-refractivity contribution is 4.87. The summed E-state index contributed by atoms with van der Waals surface area (Å²) < 4.78 is 0. The molecule has 1 atom stereocenters. The van der Waals surface area contributed by atoms with E-state index >= 15 is 0 Å². The van der Waals surface area contributed by atoms with Gasteiger partial charge in [0.15, 0.2) is 0 Å². The van der Waals surface area contributed by atoms with Crippen molar-refractivity contribution in [2.24, 2.45) is 5.92 Å². The molecule has 0 bridgehead atoms. The standard InChI is InChI=1S/C12H25NO2/c1-10-4-6-12(15,7-5-10)9-13(3)11(2)8-14/h10-11,14-15H,4-9H2,1-3H3. The summed E-state index contributed by atoms with van der Waals surface area (Å²) >= 11 is 0. The van der Waals surface area contributed by atoms with Gasteiger partial charge >= 0.3 is 0 Å². The Morgan fingerprint density at radius 1 is 1.40 bits per heavy atom. The van der Waals surface area contributed by atoms with Gasteiger partial charge in [0, 0.05) is 12.6 Å². The second-order valence-electron chi connectivity index (χ2n) is 5.35. The van der Waals surface area contributed by atoms with Crippen LogP contribution in [0.4, 0.5) is 0 Å². The SMILES string of the molecule is CC1CCC(O)(CN(C)C(C)CO)CC1. The zero-order chi connectivity index (χ0) is 11.5. The molecule has 0 radical (unpaired) electrons. The van der Waals surface area contributed by atoms with Crippen LogP contribution in [0.25, 0.3) is 0 Å². The molecule has 3 nitrogen and oxygen atoms in total. The molecule has 15 heavy (non-hydrogen) atoms. The Kier molecular flexibility index (Phi) is 4.56. The molecule has 0 aliphatic heterocycles. The number of nitrogens with zero attached hydrogens (tertiary/aromatic N) is 1. The summed E-state index contributed by atoms with van der Waals surface area (Å²) in [6.07, 6.45) is 4.04. The van der Waals surface area contributed by atoms with Gasteiger partial charge in [-0.3, -0.25) is 4.90 Å². The maximum atomic E-state index is 10.4. The van der Waals surface area contributed by atoms with Gasteiger partial charge in [0.25, 0.3) is 0 Å². The third-order valence-corrected chi connectivity index (χ3v) is 3.77. The first kappa shape index (κ1) is 12.9. The largest absolute Gasteiger partial charge is 0.395 e. The number of hydrogen-bond donors (Lipinski definition) is 2. The Balaban J connectivity index is 2.42. The molecule has 0 heterocycles. The summed E-state index contributed by atoms with van der Waals surface area (Å²) in [7, 11) is 1.97. The van der Waals surface area contributed by atoms with Crippen LogP contribution in [0.1, 0.15) is 39.5 Å². The van der Waals surface area contributed by atoms with Crippen molar-refractivity contribution in [3.05, 3.63) is 0 Å². The van der Waals surface area contributed by atoms with E-state index in [4.69, 9.17) is 5.11 Å². The first-order valence-corrected chi connectivity index (χ1v) is 6.00.